The van der Waals surface area contributed by atoms with E-state index >= 15 is 0 Å². The van der Waals surface area contributed by atoms with Crippen molar-refractivity contribution in [3.05, 3.63) is 90.0 Å². The van der Waals surface area contributed by atoms with Gasteiger partial charge in [-0.2, -0.15) is 5.26 Å². The molecule has 1 saturated heterocycles. The number of nitrogens with one attached hydrogen (secondary N) is 2. The molecule has 1 fully saturated rings. The fraction of sp³-hybridized carbons (Fsp3) is 0.160. The Morgan fingerprint density at radius 2 is 1.47 bits per heavy atom. The molecule has 3 amide bonds. The Balaban J connectivity index is 1.30. The van der Waals surface area contributed by atoms with Crippen molar-refractivity contribution in [3.63, 3.8) is 0 Å². The van der Waals surface area contributed by atoms with Crippen LogP contribution >= 0.6 is 0 Å². The molecule has 0 aromatic heterocycles. The lowest BCUT2D eigenvalue weighted by Gasteiger charge is -2.36. The van der Waals surface area contributed by atoms with Gasteiger partial charge in [0.25, 0.3) is 5.91 Å². The predicted molar refractivity (Wildman–Crippen MR) is 125 cm³/mol. The monoisotopic (exact) mass is 425 g/mol. The lowest BCUT2D eigenvalue weighted by atomic mass is 10.1. The van der Waals surface area contributed by atoms with Gasteiger partial charge in [-0.3, -0.25) is 4.79 Å². The third-order valence-corrected chi connectivity index (χ3v) is 5.33. The van der Waals surface area contributed by atoms with Gasteiger partial charge in [-0.25, -0.2) is 4.79 Å². The van der Waals surface area contributed by atoms with Crippen LogP contribution in [0.4, 0.5) is 21.9 Å². The highest BCUT2D eigenvalue weighted by Gasteiger charge is 2.22. The Labute approximate surface area is 186 Å². The van der Waals surface area contributed by atoms with Crippen molar-refractivity contribution >= 4 is 29.0 Å². The van der Waals surface area contributed by atoms with Gasteiger partial charge in [-0.1, -0.05) is 24.3 Å². The van der Waals surface area contributed by atoms with E-state index in [1.54, 1.807) is 24.3 Å². The first kappa shape index (κ1) is 20.9. The van der Waals surface area contributed by atoms with Gasteiger partial charge in [0.1, 0.15) is 0 Å². The largest absolute Gasteiger partial charge is 0.368 e. The number of anilines is 3. The van der Waals surface area contributed by atoms with E-state index in [9.17, 15) is 9.59 Å². The summed E-state index contributed by atoms with van der Waals surface area (Å²) in [7, 11) is 0. The van der Waals surface area contributed by atoms with E-state index < -0.39 is 0 Å². The average molecular weight is 425 g/mol. The molecule has 1 aliphatic rings. The number of nitrogens with zero attached hydrogens (tertiary/aromatic N) is 3. The summed E-state index contributed by atoms with van der Waals surface area (Å²) in [5, 5.41) is 14.5. The molecular formula is C25H23N5O2. The molecule has 7 heteroatoms. The number of rotatable bonds is 4. The minimum atomic E-state index is -0.374. The molecule has 160 valence electrons. The second-order valence-corrected chi connectivity index (χ2v) is 7.46. The van der Waals surface area contributed by atoms with E-state index in [1.165, 1.54) is 0 Å². The van der Waals surface area contributed by atoms with Gasteiger partial charge in [0, 0.05) is 48.8 Å². The number of hydrogen-bond donors (Lipinski definition) is 2. The lowest BCUT2D eigenvalue weighted by molar-refractivity contribution is 0.0747. The third kappa shape index (κ3) is 5.05. The number of piperazine rings is 1. The summed E-state index contributed by atoms with van der Waals surface area (Å²) in [5.74, 6) is 0.0658. The van der Waals surface area contributed by atoms with Crippen molar-refractivity contribution < 1.29 is 9.59 Å². The fourth-order valence-electron chi connectivity index (χ4n) is 3.65. The van der Waals surface area contributed by atoms with Crippen LogP contribution in [-0.4, -0.2) is 43.0 Å². The van der Waals surface area contributed by atoms with Gasteiger partial charge in [-0.05, 0) is 54.6 Å². The van der Waals surface area contributed by atoms with Crippen LogP contribution < -0.4 is 15.5 Å². The summed E-state index contributed by atoms with van der Waals surface area (Å²) in [5.41, 5.74) is 3.47. The highest BCUT2D eigenvalue weighted by atomic mass is 16.2. The summed E-state index contributed by atoms with van der Waals surface area (Å²) >= 11 is 0. The van der Waals surface area contributed by atoms with Gasteiger partial charge in [0.05, 0.1) is 11.6 Å². The number of urea groups is 1. The molecule has 0 aliphatic carbocycles. The molecule has 0 bridgehead atoms. The first-order chi connectivity index (χ1) is 15.6. The second-order valence-electron chi connectivity index (χ2n) is 7.46. The molecule has 0 atom stereocenters. The maximum absolute atomic E-state index is 12.6. The minimum Gasteiger partial charge on any atom is -0.368 e. The van der Waals surface area contributed by atoms with Crippen LogP contribution in [0.15, 0.2) is 78.9 Å². The van der Waals surface area contributed by atoms with Crippen molar-refractivity contribution in [2.45, 2.75) is 0 Å². The molecule has 3 aromatic rings. The number of nitriles is 1. The first-order valence-corrected chi connectivity index (χ1v) is 10.4. The Morgan fingerprint density at radius 3 is 2.16 bits per heavy atom. The van der Waals surface area contributed by atoms with E-state index in [0.717, 1.165) is 18.8 Å². The van der Waals surface area contributed by atoms with Crippen molar-refractivity contribution in [3.8, 4) is 6.07 Å². The minimum absolute atomic E-state index is 0.0658. The molecule has 0 spiro atoms. The van der Waals surface area contributed by atoms with E-state index in [-0.39, 0.29) is 11.9 Å². The predicted octanol–water partition coefficient (Wildman–Crippen LogP) is 4.16. The maximum Gasteiger partial charge on any atom is 0.323 e. The van der Waals surface area contributed by atoms with Crippen LogP contribution in [-0.2, 0) is 0 Å². The molecule has 2 N–H and O–H groups in total. The third-order valence-electron chi connectivity index (χ3n) is 5.33. The Morgan fingerprint density at radius 1 is 0.781 bits per heavy atom. The lowest BCUT2D eigenvalue weighted by Crippen LogP contribution is -2.48. The molecule has 1 aliphatic heterocycles. The molecule has 3 aromatic carbocycles. The molecule has 0 unspecified atom stereocenters. The number of carbonyl (C=O) groups excluding carboxylic acids is 2. The molecule has 1 heterocycles. The van der Waals surface area contributed by atoms with Crippen LogP contribution in [0, 0.1) is 11.3 Å². The topological polar surface area (TPSA) is 88.5 Å². The van der Waals surface area contributed by atoms with Gasteiger partial charge >= 0.3 is 6.03 Å². The molecular weight excluding hydrogens is 402 g/mol. The number of amides is 3. The summed E-state index contributed by atoms with van der Waals surface area (Å²) in [4.78, 5) is 28.9. The highest BCUT2D eigenvalue weighted by molar-refractivity contribution is 6.00. The van der Waals surface area contributed by atoms with Crippen LogP contribution in [0.25, 0.3) is 0 Å². The summed E-state index contributed by atoms with van der Waals surface area (Å²) < 4.78 is 0. The van der Waals surface area contributed by atoms with Gasteiger partial charge < -0.3 is 20.4 Å². The van der Waals surface area contributed by atoms with Crippen molar-refractivity contribution in [2.24, 2.45) is 0 Å². The van der Waals surface area contributed by atoms with Gasteiger partial charge in [-0.15, -0.1) is 0 Å². The standard InChI is InChI=1S/C25H23N5O2/c26-18-19-5-4-8-22(17-19)28-25(32)27-21-9-11-23(12-10-21)29-13-15-30(16-14-29)24(31)20-6-2-1-3-7-20/h1-12,17H,13-16H2,(H2,27,28,32). The summed E-state index contributed by atoms with van der Waals surface area (Å²) in [6.45, 7) is 2.83. The molecule has 7 nitrogen and oxygen atoms in total. The van der Waals surface area contributed by atoms with Crippen molar-refractivity contribution in [1.82, 2.24) is 4.90 Å². The number of carbonyl (C=O) groups is 2. The van der Waals surface area contributed by atoms with Gasteiger partial charge in [0.15, 0.2) is 0 Å². The highest BCUT2D eigenvalue weighted by Crippen LogP contribution is 2.20. The van der Waals surface area contributed by atoms with Crippen molar-refractivity contribution in [1.29, 1.82) is 5.26 Å². The first-order valence-electron chi connectivity index (χ1n) is 10.4. The zero-order valence-electron chi connectivity index (χ0n) is 17.5. The van der Waals surface area contributed by atoms with Crippen LogP contribution in [0.1, 0.15) is 15.9 Å². The SMILES string of the molecule is N#Cc1cccc(NC(=O)Nc2ccc(N3CCN(C(=O)c4ccccc4)CC3)cc2)c1. The quantitative estimate of drug-likeness (QED) is 0.657. The maximum atomic E-state index is 12.6. The van der Waals surface area contributed by atoms with Crippen LogP contribution in [0.3, 0.4) is 0 Å². The van der Waals surface area contributed by atoms with E-state index in [4.69, 9.17) is 5.26 Å². The van der Waals surface area contributed by atoms with Crippen LogP contribution in [0.5, 0.6) is 0 Å². The number of hydrogen-bond acceptors (Lipinski definition) is 4. The van der Waals surface area contributed by atoms with Crippen LogP contribution in [0.2, 0.25) is 0 Å². The smallest absolute Gasteiger partial charge is 0.323 e. The Kier molecular flexibility index (Phi) is 6.33. The normalized spacial score (nSPS) is 13.2. The molecule has 0 saturated carbocycles. The average Bonchev–Trinajstić information content (AvgIpc) is 2.85. The van der Waals surface area contributed by atoms with Crippen molar-refractivity contribution in [2.75, 3.05) is 41.7 Å². The number of benzene rings is 3. The molecule has 4 rings (SSSR count). The fourth-order valence-corrected chi connectivity index (χ4v) is 3.65. The van der Waals surface area contributed by atoms with E-state index in [1.807, 2.05) is 65.6 Å². The van der Waals surface area contributed by atoms with E-state index in [2.05, 4.69) is 15.5 Å². The van der Waals surface area contributed by atoms with E-state index in [0.29, 0.717) is 35.6 Å². The second kappa shape index (κ2) is 9.67. The summed E-state index contributed by atoms with van der Waals surface area (Å²) in [6, 6.07) is 25.4. The zero-order valence-corrected chi connectivity index (χ0v) is 17.5. The summed E-state index contributed by atoms with van der Waals surface area (Å²) in [6.07, 6.45) is 0. The Hall–Kier alpha value is -4.31. The zero-order chi connectivity index (χ0) is 22.3. The Bertz CT molecular complexity index is 1130. The molecule has 0 radical (unpaired) electrons. The molecule has 32 heavy (non-hydrogen) atoms. The van der Waals surface area contributed by atoms with Gasteiger partial charge in [0.2, 0.25) is 0 Å².